The summed E-state index contributed by atoms with van der Waals surface area (Å²) in [5.41, 5.74) is 2.28. The van der Waals surface area contributed by atoms with Crippen molar-refractivity contribution in [3.8, 4) is 0 Å². The first-order valence-corrected chi connectivity index (χ1v) is 7.87. The van der Waals surface area contributed by atoms with E-state index in [0.717, 1.165) is 5.69 Å². The molecule has 0 bridgehead atoms. The Labute approximate surface area is 149 Å². The highest BCUT2D eigenvalue weighted by Gasteiger charge is 2.07. The van der Waals surface area contributed by atoms with Gasteiger partial charge in [0.1, 0.15) is 5.82 Å². The minimum atomic E-state index is -0.983. The summed E-state index contributed by atoms with van der Waals surface area (Å²) in [7, 11) is 0. The van der Waals surface area contributed by atoms with E-state index in [2.05, 4.69) is 20.6 Å². The molecule has 0 aliphatic heterocycles. The number of carboxylic acid groups (broad SMARTS) is 1. The molecule has 0 saturated heterocycles. The van der Waals surface area contributed by atoms with E-state index in [1.165, 1.54) is 6.07 Å². The van der Waals surface area contributed by atoms with Gasteiger partial charge in [-0.1, -0.05) is 29.8 Å². The molecule has 3 N–H and O–H groups in total. The van der Waals surface area contributed by atoms with Crippen LogP contribution in [0.3, 0.4) is 0 Å². The highest BCUT2D eigenvalue weighted by molar-refractivity contribution is 6.33. The van der Waals surface area contributed by atoms with Gasteiger partial charge in [0.05, 0.1) is 16.3 Å². The normalized spacial score (nSPS) is 10.3. The van der Waals surface area contributed by atoms with Crippen LogP contribution in [-0.2, 0) is 0 Å². The van der Waals surface area contributed by atoms with Crippen LogP contribution in [0.25, 0.3) is 0 Å². The van der Waals surface area contributed by atoms with E-state index in [9.17, 15) is 4.79 Å². The van der Waals surface area contributed by atoms with Crippen molar-refractivity contribution in [2.24, 2.45) is 0 Å². The lowest BCUT2D eigenvalue weighted by molar-refractivity contribution is 0.0697. The molecule has 1 heterocycles. The number of anilines is 4. The molecule has 0 atom stereocenters. The van der Waals surface area contributed by atoms with Crippen molar-refractivity contribution in [2.45, 2.75) is 6.92 Å². The number of aromatic nitrogens is 2. The van der Waals surface area contributed by atoms with E-state index >= 15 is 0 Å². The predicted octanol–water partition coefficient (Wildman–Crippen LogP) is 4.62. The first kappa shape index (κ1) is 16.7. The van der Waals surface area contributed by atoms with Crippen molar-refractivity contribution < 1.29 is 9.90 Å². The van der Waals surface area contributed by atoms with Crippen molar-refractivity contribution in [1.82, 2.24) is 9.97 Å². The standard InChI is InChI=1S/C18H15ClN4O2/c1-11-9-16(21-13-6-4-5-12(10-13)17(24)25)23-18(20-11)22-15-8-3-2-7-14(15)19/h2-10H,1H3,(H,24,25)(H2,20,21,22,23). The highest BCUT2D eigenvalue weighted by atomic mass is 35.5. The Kier molecular flexibility index (Phi) is 4.81. The van der Waals surface area contributed by atoms with E-state index in [4.69, 9.17) is 16.7 Å². The molecule has 0 amide bonds. The molecule has 2 aromatic carbocycles. The summed E-state index contributed by atoms with van der Waals surface area (Å²) in [6, 6.07) is 15.6. The van der Waals surface area contributed by atoms with Crippen molar-refractivity contribution in [1.29, 1.82) is 0 Å². The molecule has 25 heavy (non-hydrogen) atoms. The quantitative estimate of drug-likeness (QED) is 0.619. The maximum atomic E-state index is 11.1. The zero-order chi connectivity index (χ0) is 17.8. The molecule has 6 nitrogen and oxygen atoms in total. The number of hydrogen-bond donors (Lipinski definition) is 3. The van der Waals surface area contributed by atoms with Gasteiger partial charge in [0, 0.05) is 17.4 Å². The van der Waals surface area contributed by atoms with Gasteiger partial charge in [0.15, 0.2) is 0 Å². The van der Waals surface area contributed by atoms with Crippen LogP contribution in [0.4, 0.5) is 23.1 Å². The number of nitrogens with zero attached hydrogens (tertiary/aromatic N) is 2. The lowest BCUT2D eigenvalue weighted by Gasteiger charge is -2.11. The number of halogens is 1. The van der Waals surface area contributed by atoms with Crippen molar-refractivity contribution in [3.05, 3.63) is 70.9 Å². The molecule has 0 saturated carbocycles. The minimum absolute atomic E-state index is 0.199. The fourth-order valence-corrected chi connectivity index (χ4v) is 2.43. The molecule has 0 aliphatic carbocycles. The van der Waals surface area contributed by atoms with Crippen LogP contribution in [-0.4, -0.2) is 21.0 Å². The summed E-state index contributed by atoms with van der Waals surface area (Å²) in [6.45, 7) is 1.85. The fraction of sp³-hybridized carbons (Fsp3) is 0.0556. The monoisotopic (exact) mass is 354 g/mol. The van der Waals surface area contributed by atoms with Crippen LogP contribution in [0, 0.1) is 6.92 Å². The Morgan fingerprint density at radius 3 is 2.60 bits per heavy atom. The zero-order valence-electron chi connectivity index (χ0n) is 13.3. The van der Waals surface area contributed by atoms with E-state index in [0.29, 0.717) is 28.2 Å². The molecule has 126 valence electrons. The number of rotatable bonds is 5. The van der Waals surface area contributed by atoms with E-state index in [-0.39, 0.29) is 5.56 Å². The first-order valence-electron chi connectivity index (χ1n) is 7.49. The number of nitrogens with one attached hydrogen (secondary N) is 2. The number of para-hydroxylation sites is 1. The summed E-state index contributed by atoms with van der Waals surface area (Å²) in [5.74, 6) is -0.0434. The van der Waals surface area contributed by atoms with Gasteiger partial charge in [0.2, 0.25) is 5.95 Å². The third-order valence-electron chi connectivity index (χ3n) is 3.36. The van der Waals surface area contributed by atoms with Crippen molar-refractivity contribution in [2.75, 3.05) is 10.6 Å². The SMILES string of the molecule is Cc1cc(Nc2cccc(C(=O)O)c2)nc(Nc2ccccc2Cl)n1. The van der Waals surface area contributed by atoms with Gasteiger partial charge in [-0.3, -0.25) is 0 Å². The number of aromatic carboxylic acids is 1. The number of hydrogen-bond acceptors (Lipinski definition) is 5. The molecule has 0 fully saturated rings. The third-order valence-corrected chi connectivity index (χ3v) is 3.69. The van der Waals surface area contributed by atoms with Gasteiger partial charge in [-0.05, 0) is 37.3 Å². The number of aryl methyl sites for hydroxylation is 1. The molecule has 0 unspecified atom stereocenters. The smallest absolute Gasteiger partial charge is 0.335 e. The number of benzene rings is 2. The Morgan fingerprint density at radius 1 is 1.04 bits per heavy atom. The fourth-order valence-electron chi connectivity index (χ4n) is 2.25. The van der Waals surface area contributed by atoms with Gasteiger partial charge in [-0.2, -0.15) is 4.98 Å². The van der Waals surface area contributed by atoms with E-state index in [1.807, 2.05) is 25.1 Å². The summed E-state index contributed by atoms with van der Waals surface area (Å²) >= 11 is 6.14. The minimum Gasteiger partial charge on any atom is -0.478 e. The van der Waals surface area contributed by atoms with Crippen LogP contribution in [0.5, 0.6) is 0 Å². The van der Waals surface area contributed by atoms with Crippen LogP contribution >= 0.6 is 11.6 Å². The lowest BCUT2D eigenvalue weighted by Crippen LogP contribution is -2.03. The molecule has 0 aliphatic rings. The molecular formula is C18H15ClN4O2. The average molecular weight is 355 g/mol. The van der Waals surface area contributed by atoms with Gasteiger partial charge >= 0.3 is 5.97 Å². The van der Waals surface area contributed by atoms with Crippen LogP contribution in [0.2, 0.25) is 5.02 Å². The van der Waals surface area contributed by atoms with Gasteiger partial charge in [0.25, 0.3) is 0 Å². The molecular weight excluding hydrogens is 340 g/mol. The predicted molar refractivity (Wildman–Crippen MR) is 98.2 cm³/mol. The Morgan fingerprint density at radius 2 is 1.84 bits per heavy atom. The van der Waals surface area contributed by atoms with Gasteiger partial charge < -0.3 is 15.7 Å². The highest BCUT2D eigenvalue weighted by Crippen LogP contribution is 2.24. The van der Waals surface area contributed by atoms with Crippen LogP contribution in [0.15, 0.2) is 54.6 Å². The molecule has 7 heteroatoms. The second kappa shape index (κ2) is 7.19. The maximum absolute atomic E-state index is 11.1. The maximum Gasteiger partial charge on any atom is 0.335 e. The summed E-state index contributed by atoms with van der Waals surface area (Å²) < 4.78 is 0. The van der Waals surface area contributed by atoms with Crippen LogP contribution < -0.4 is 10.6 Å². The number of carbonyl (C=O) groups is 1. The average Bonchev–Trinajstić information content (AvgIpc) is 2.57. The second-order valence-corrected chi connectivity index (χ2v) is 5.74. The van der Waals surface area contributed by atoms with Gasteiger partial charge in [-0.25, -0.2) is 9.78 Å². The summed E-state index contributed by atoms with van der Waals surface area (Å²) in [6.07, 6.45) is 0. The van der Waals surface area contributed by atoms with E-state index < -0.39 is 5.97 Å². The zero-order valence-corrected chi connectivity index (χ0v) is 14.1. The molecule has 3 rings (SSSR count). The van der Waals surface area contributed by atoms with E-state index in [1.54, 1.807) is 30.3 Å². The Hall–Kier alpha value is -3.12. The summed E-state index contributed by atoms with van der Waals surface area (Å²) in [5, 5.41) is 15.8. The lowest BCUT2D eigenvalue weighted by atomic mass is 10.2. The molecule has 3 aromatic rings. The first-order chi connectivity index (χ1) is 12.0. The summed E-state index contributed by atoms with van der Waals surface area (Å²) in [4.78, 5) is 19.8. The van der Waals surface area contributed by atoms with Gasteiger partial charge in [-0.15, -0.1) is 0 Å². The Balaban J connectivity index is 1.86. The Bertz CT molecular complexity index is 930. The largest absolute Gasteiger partial charge is 0.478 e. The van der Waals surface area contributed by atoms with Crippen LogP contribution in [0.1, 0.15) is 16.1 Å². The molecule has 0 spiro atoms. The molecule has 0 radical (unpaired) electrons. The molecule has 1 aromatic heterocycles. The topological polar surface area (TPSA) is 87.1 Å². The van der Waals surface area contributed by atoms with Crippen molar-refractivity contribution in [3.63, 3.8) is 0 Å². The number of carboxylic acids is 1. The van der Waals surface area contributed by atoms with Crippen molar-refractivity contribution >= 4 is 40.7 Å². The second-order valence-electron chi connectivity index (χ2n) is 5.33. The third kappa shape index (κ3) is 4.24.